The van der Waals surface area contributed by atoms with Gasteiger partial charge in [-0.15, -0.1) is 0 Å². The molecule has 0 atom stereocenters. The minimum atomic E-state index is 0.688. The van der Waals surface area contributed by atoms with Crippen molar-refractivity contribution in [3.05, 3.63) is 54.4 Å². The van der Waals surface area contributed by atoms with E-state index in [4.69, 9.17) is 5.73 Å². The van der Waals surface area contributed by atoms with Gasteiger partial charge in [0.05, 0.1) is 16.9 Å². The number of fused-ring (bicyclic) bond motifs is 1. The molecule has 0 fully saturated rings. The molecule has 0 aliphatic carbocycles. The van der Waals surface area contributed by atoms with E-state index in [1.807, 2.05) is 49.5 Å². The molecule has 0 saturated heterocycles. The summed E-state index contributed by atoms with van der Waals surface area (Å²) in [6.45, 7) is 1.98. The van der Waals surface area contributed by atoms with Crippen LogP contribution in [0.3, 0.4) is 0 Å². The van der Waals surface area contributed by atoms with Crippen LogP contribution in [0.5, 0.6) is 0 Å². The third-order valence-corrected chi connectivity index (χ3v) is 2.94. The van der Waals surface area contributed by atoms with Gasteiger partial charge in [0.1, 0.15) is 0 Å². The molecule has 3 nitrogen and oxygen atoms in total. The smallest absolute Gasteiger partial charge is 0.0953 e. The zero-order valence-electron chi connectivity index (χ0n) is 10.1. The Balaban J connectivity index is 2.31. The number of para-hydroxylation sites is 1. The van der Waals surface area contributed by atoms with Crippen molar-refractivity contribution in [1.29, 1.82) is 0 Å². The summed E-state index contributed by atoms with van der Waals surface area (Å²) in [5.41, 5.74) is 10.5. The van der Waals surface area contributed by atoms with Crippen LogP contribution in [-0.4, -0.2) is 9.97 Å². The Labute approximate surface area is 105 Å². The van der Waals surface area contributed by atoms with Crippen LogP contribution >= 0.6 is 0 Å². The second kappa shape index (κ2) is 4.11. The number of hydrogen-bond acceptors (Lipinski definition) is 3. The van der Waals surface area contributed by atoms with Gasteiger partial charge in [-0.3, -0.25) is 9.97 Å². The van der Waals surface area contributed by atoms with Crippen molar-refractivity contribution in [2.75, 3.05) is 5.73 Å². The molecule has 3 heteroatoms. The zero-order chi connectivity index (χ0) is 12.5. The molecule has 0 spiro atoms. The van der Waals surface area contributed by atoms with Crippen LogP contribution < -0.4 is 5.73 Å². The topological polar surface area (TPSA) is 51.8 Å². The monoisotopic (exact) mass is 235 g/mol. The first-order valence-electron chi connectivity index (χ1n) is 5.82. The van der Waals surface area contributed by atoms with Gasteiger partial charge in [0.2, 0.25) is 0 Å². The fraction of sp³-hybridized carbons (Fsp3) is 0.0667. The van der Waals surface area contributed by atoms with E-state index in [0.29, 0.717) is 5.69 Å². The number of anilines is 1. The molecule has 0 unspecified atom stereocenters. The van der Waals surface area contributed by atoms with Gasteiger partial charge in [-0.25, -0.2) is 0 Å². The van der Waals surface area contributed by atoms with Gasteiger partial charge in [-0.2, -0.15) is 0 Å². The maximum atomic E-state index is 6.05. The lowest BCUT2D eigenvalue weighted by atomic mass is 10.0. The average molecular weight is 235 g/mol. The summed E-state index contributed by atoms with van der Waals surface area (Å²) in [7, 11) is 0. The molecule has 0 saturated carbocycles. The molecule has 3 rings (SSSR count). The summed E-state index contributed by atoms with van der Waals surface area (Å²) in [5.74, 6) is 0. The van der Waals surface area contributed by atoms with Gasteiger partial charge >= 0.3 is 0 Å². The van der Waals surface area contributed by atoms with Crippen molar-refractivity contribution in [1.82, 2.24) is 9.97 Å². The summed E-state index contributed by atoms with van der Waals surface area (Å²) in [5, 5.41) is 1.09. The van der Waals surface area contributed by atoms with Crippen LogP contribution in [0, 0.1) is 6.92 Å². The highest BCUT2D eigenvalue weighted by Crippen LogP contribution is 2.29. The Hall–Kier alpha value is -2.42. The maximum Gasteiger partial charge on any atom is 0.0953 e. The zero-order valence-corrected chi connectivity index (χ0v) is 10.1. The lowest BCUT2D eigenvalue weighted by Gasteiger charge is -2.08. The first kappa shape index (κ1) is 10.7. The molecule has 18 heavy (non-hydrogen) atoms. The summed E-state index contributed by atoms with van der Waals surface area (Å²) < 4.78 is 0. The second-order valence-corrected chi connectivity index (χ2v) is 4.33. The van der Waals surface area contributed by atoms with Crippen molar-refractivity contribution in [2.45, 2.75) is 6.92 Å². The van der Waals surface area contributed by atoms with E-state index in [-0.39, 0.29) is 0 Å². The van der Waals surface area contributed by atoms with Crippen LogP contribution in [-0.2, 0) is 0 Å². The Morgan fingerprint density at radius 2 is 1.89 bits per heavy atom. The average Bonchev–Trinajstić information content (AvgIpc) is 2.38. The lowest BCUT2D eigenvalue weighted by Crippen LogP contribution is -1.95. The van der Waals surface area contributed by atoms with E-state index in [2.05, 4.69) is 9.97 Å². The third kappa shape index (κ3) is 1.70. The molecular weight excluding hydrogens is 222 g/mol. The molecular formula is C15H13N3. The second-order valence-electron chi connectivity index (χ2n) is 4.33. The minimum absolute atomic E-state index is 0.688. The van der Waals surface area contributed by atoms with E-state index in [1.165, 1.54) is 0 Å². The van der Waals surface area contributed by atoms with Gasteiger partial charge in [0.15, 0.2) is 0 Å². The van der Waals surface area contributed by atoms with Crippen LogP contribution in [0.2, 0.25) is 0 Å². The molecule has 0 bridgehead atoms. The van der Waals surface area contributed by atoms with Crippen LogP contribution in [0.4, 0.5) is 5.69 Å². The van der Waals surface area contributed by atoms with Gasteiger partial charge in [-0.1, -0.05) is 24.3 Å². The predicted molar refractivity (Wildman–Crippen MR) is 74.1 cm³/mol. The first-order chi connectivity index (χ1) is 8.75. The number of aromatic nitrogens is 2. The Morgan fingerprint density at radius 3 is 2.72 bits per heavy atom. The summed E-state index contributed by atoms with van der Waals surface area (Å²) in [6.07, 6.45) is 3.61. The Bertz CT molecular complexity index is 715. The van der Waals surface area contributed by atoms with Crippen molar-refractivity contribution >= 4 is 16.6 Å². The lowest BCUT2D eigenvalue weighted by molar-refractivity contribution is 1.27. The van der Waals surface area contributed by atoms with Crippen molar-refractivity contribution in [3.63, 3.8) is 0 Å². The molecule has 2 N–H and O–H groups in total. The first-order valence-corrected chi connectivity index (χ1v) is 5.82. The fourth-order valence-electron chi connectivity index (χ4n) is 2.11. The third-order valence-electron chi connectivity index (χ3n) is 2.94. The van der Waals surface area contributed by atoms with Crippen molar-refractivity contribution in [3.8, 4) is 11.3 Å². The Morgan fingerprint density at radius 1 is 1.06 bits per heavy atom. The van der Waals surface area contributed by atoms with Gasteiger partial charge in [-0.05, 0) is 24.6 Å². The van der Waals surface area contributed by atoms with E-state index in [9.17, 15) is 0 Å². The van der Waals surface area contributed by atoms with Gasteiger partial charge in [0, 0.05) is 23.3 Å². The van der Waals surface area contributed by atoms with Crippen molar-refractivity contribution < 1.29 is 0 Å². The van der Waals surface area contributed by atoms with Crippen molar-refractivity contribution in [2.24, 2.45) is 0 Å². The van der Waals surface area contributed by atoms with Gasteiger partial charge in [0.25, 0.3) is 0 Å². The van der Waals surface area contributed by atoms with E-state index < -0.39 is 0 Å². The molecule has 0 amide bonds. The largest absolute Gasteiger partial charge is 0.397 e. The number of nitrogens with two attached hydrogens (primary N) is 1. The maximum absolute atomic E-state index is 6.05. The molecule has 88 valence electrons. The molecule has 2 aromatic heterocycles. The molecule has 0 radical (unpaired) electrons. The summed E-state index contributed by atoms with van der Waals surface area (Å²) >= 11 is 0. The van der Waals surface area contributed by atoms with E-state index >= 15 is 0 Å². The highest BCUT2D eigenvalue weighted by atomic mass is 14.7. The predicted octanol–water partition coefficient (Wildman–Crippen LogP) is 3.19. The number of nitrogens with zero attached hydrogens (tertiary/aromatic N) is 2. The van der Waals surface area contributed by atoms with E-state index in [1.54, 1.807) is 6.20 Å². The molecule has 2 heterocycles. The molecule has 0 aliphatic rings. The van der Waals surface area contributed by atoms with E-state index in [0.717, 1.165) is 27.7 Å². The summed E-state index contributed by atoms with van der Waals surface area (Å²) in [4.78, 5) is 8.86. The number of pyridine rings is 2. The van der Waals surface area contributed by atoms with Crippen LogP contribution in [0.15, 0.2) is 48.8 Å². The van der Waals surface area contributed by atoms with Gasteiger partial charge < -0.3 is 5.73 Å². The molecule has 1 aromatic carbocycles. The summed E-state index contributed by atoms with van der Waals surface area (Å²) in [6, 6.07) is 11.9. The highest BCUT2D eigenvalue weighted by Gasteiger charge is 2.09. The fourth-order valence-corrected chi connectivity index (χ4v) is 2.11. The number of hydrogen-bond donors (Lipinski definition) is 1. The highest BCUT2D eigenvalue weighted by molar-refractivity contribution is 5.95. The quantitative estimate of drug-likeness (QED) is 0.704. The Kier molecular flexibility index (Phi) is 2.45. The number of rotatable bonds is 1. The number of benzene rings is 1. The molecule has 3 aromatic rings. The number of aryl methyl sites for hydroxylation is 1. The molecule has 0 aliphatic heterocycles. The van der Waals surface area contributed by atoms with Crippen LogP contribution in [0.25, 0.3) is 22.2 Å². The normalized spacial score (nSPS) is 10.7. The van der Waals surface area contributed by atoms with Crippen LogP contribution in [0.1, 0.15) is 5.56 Å². The minimum Gasteiger partial charge on any atom is -0.397 e. The standard InChI is InChI=1S/C15H13N3/c1-10-8-13(16)15(18-9-10)12-6-2-4-11-5-3-7-17-14(11)12/h2-9H,16H2,1H3. The number of nitrogen functional groups attached to an aromatic ring is 1. The SMILES string of the molecule is Cc1cnc(-c2cccc3cccnc23)c(N)c1.